The van der Waals surface area contributed by atoms with Gasteiger partial charge in [-0.1, -0.05) is 18.2 Å². The van der Waals surface area contributed by atoms with Crippen molar-refractivity contribution in [3.05, 3.63) is 69.5 Å². The number of methoxy groups -OCH3 is 2. The summed E-state index contributed by atoms with van der Waals surface area (Å²) in [5.74, 6) is -0.606. The van der Waals surface area contributed by atoms with Crippen LogP contribution in [0.5, 0.6) is 11.5 Å². The molecule has 0 saturated heterocycles. The topological polar surface area (TPSA) is 78.7 Å². The molecule has 0 radical (unpaired) electrons. The predicted octanol–water partition coefficient (Wildman–Crippen LogP) is 3.65. The number of ketones is 1. The highest BCUT2D eigenvalue weighted by Crippen LogP contribution is 2.34. The maximum Gasteiger partial charge on any atom is 0.284 e. The number of rotatable bonds is 6. The van der Waals surface area contributed by atoms with Gasteiger partial charge in [0.25, 0.3) is 5.69 Å². The summed E-state index contributed by atoms with van der Waals surface area (Å²) in [7, 11) is 2.71. The van der Waals surface area contributed by atoms with Crippen LogP contribution in [0.25, 0.3) is 6.08 Å². The first-order valence-corrected chi connectivity index (χ1v) is 6.84. The van der Waals surface area contributed by atoms with E-state index in [0.717, 1.165) is 6.07 Å². The van der Waals surface area contributed by atoms with E-state index in [2.05, 4.69) is 0 Å². The van der Waals surface area contributed by atoms with Gasteiger partial charge in [0.05, 0.1) is 25.2 Å². The van der Waals surface area contributed by atoms with Crippen LogP contribution in [0.2, 0.25) is 0 Å². The number of allylic oxidation sites excluding steroid dienone is 1. The fraction of sp³-hybridized carbons (Fsp3) is 0.118. The van der Waals surface area contributed by atoms with Gasteiger partial charge in [-0.25, -0.2) is 4.39 Å². The number of carbonyl (C=O) groups excluding carboxylic acids is 1. The van der Waals surface area contributed by atoms with Crippen LogP contribution in [0.15, 0.2) is 42.5 Å². The highest BCUT2D eigenvalue weighted by molar-refractivity contribution is 6.10. The molecule has 0 bridgehead atoms. The maximum atomic E-state index is 12.9. The van der Waals surface area contributed by atoms with Gasteiger partial charge in [0.15, 0.2) is 17.3 Å². The van der Waals surface area contributed by atoms with Crippen molar-refractivity contribution in [1.29, 1.82) is 0 Å². The van der Waals surface area contributed by atoms with E-state index >= 15 is 0 Å². The summed E-state index contributed by atoms with van der Waals surface area (Å²) in [4.78, 5) is 22.8. The Kier molecular flexibility index (Phi) is 5.26. The molecule has 0 atom stereocenters. The normalized spacial score (nSPS) is 10.6. The molecule has 0 amide bonds. The molecule has 0 aliphatic heterocycles. The Hall–Kier alpha value is -3.22. The average Bonchev–Trinajstić information content (AvgIpc) is 2.59. The molecule has 0 spiro atoms. The van der Waals surface area contributed by atoms with Gasteiger partial charge in [-0.3, -0.25) is 14.9 Å². The molecule has 0 unspecified atom stereocenters. The van der Waals surface area contributed by atoms with Crippen LogP contribution in [0.1, 0.15) is 15.9 Å². The van der Waals surface area contributed by atoms with Crippen molar-refractivity contribution >= 4 is 17.5 Å². The molecule has 0 aromatic heterocycles. The van der Waals surface area contributed by atoms with Crippen molar-refractivity contribution in [2.24, 2.45) is 0 Å². The SMILES string of the molecule is COc1cc(C(=O)C=Cc2ccc(F)cc2)c([N+](=O)[O-])cc1OC. The maximum absolute atomic E-state index is 12.9. The van der Waals surface area contributed by atoms with E-state index in [1.807, 2.05) is 0 Å². The van der Waals surface area contributed by atoms with Gasteiger partial charge in [-0.15, -0.1) is 0 Å². The van der Waals surface area contributed by atoms with E-state index in [4.69, 9.17) is 9.47 Å². The van der Waals surface area contributed by atoms with Crippen molar-refractivity contribution < 1.29 is 23.6 Å². The number of hydrogen-bond acceptors (Lipinski definition) is 5. The summed E-state index contributed by atoms with van der Waals surface area (Å²) in [6, 6.07) is 7.88. The van der Waals surface area contributed by atoms with E-state index in [9.17, 15) is 19.3 Å². The lowest BCUT2D eigenvalue weighted by atomic mass is 10.1. The van der Waals surface area contributed by atoms with Gasteiger partial charge < -0.3 is 9.47 Å². The fourth-order valence-corrected chi connectivity index (χ4v) is 2.05. The molecule has 0 N–H and O–H groups in total. The van der Waals surface area contributed by atoms with Crippen LogP contribution in [-0.4, -0.2) is 24.9 Å². The molecular weight excluding hydrogens is 317 g/mol. The molecule has 2 rings (SSSR count). The molecule has 6 nitrogen and oxygen atoms in total. The lowest BCUT2D eigenvalue weighted by molar-refractivity contribution is -0.385. The van der Waals surface area contributed by atoms with E-state index in [-0.39, 0.29) is 22.7 Å². The molecule has 0 aliphatic carbocycles. The largest absolute Gasteiger partial charge is 0.493 e. The molecule has 0 heterocycles. The van der Waals surface area contributed by atoms with Crippen LogP contribution < -0.4 is 9.47 Å². The molecule has 7 heteroatoms. The number of nitrogens with zero attached hydrogens (tertiary/aromatic N) is 1. The Morgan fingerprint density at radius 1 is 1.12 bits per heavy atom. The Morgan fingerprint density at radius 3 is 2.25 bits per heavy atom. The summed E-state index contributed by atoms with van der Waals surface area (Å²) in [6.45, 7) is 0. The van der Waals surface area contributed by atoms with E-state index in [0.29, 0.717) is 5.56 Å². The first-order chi connectivity index (χ1) is 11.5. The van der Waals surface area contributed by atoms with Gasteiger partial charge in [-0.05, 0) is 23.8 Å². The Labute approximate surface area is 137 Å². The van der Waals surface area contributed by atoms with Crippen LogP contribution in [0.3, 0.4) is 0 Å². The van der Waals surface area contributed by atoms with Crippen molar-refractivity contribution in [2.45, 2.75) is 0 Å². The molecule has 0 saturated carbocycles. The van der Waals surface area contributed by atoms with Crippen molar-refractivity contribution in [1.82, 2.24) is 0 Å². The summed E-state index contributed by atoms with van der Waals surface area (Å²) in [6.07, 6.45) is 2.63. The second kappa shape index (κ2) is 7.36. The molecule has 24 heavy (non-hydrogen) atoms. The summed E-state index contributed by atoms with van der Waals surface area (Å²) < 4.78 is 22.9. The number of carbonyl (C=O) groups is 1. The van der Waals surface area contributed by atoms with Crippen LogP contribution in [0.4, 0.5) is 10.1 Å². The minimum atomic E-state index is -0.666. The van der Waals surface area contributed by atoms with Crippen molar-refractivity contribution in [2.75, 3.05) is 14.2 Å². The van der Waals surface area contributed by atoms with Gasteiger partial charge in [0, 0.05) is 6.07 Å². The molecule has 0 aliphatic rings. The van der Waals surface area contributed by atoms with E-state index in [1.165, 1.54) is 56.7 Å². The molecule has 2 aromatic carbocycles. The number of halogens is 1. The first kappa shape index (κ1) is 17.1. The lowest BCUT2D eigenvalue weighted by Crippen LogP contribution is -2.03. The summed E-state index contributed by atoms with van der Waals surface area (Å²) in [5.41, 5.74) is 0.0743. The van der Waals surface area contributed by atoms with Crippen molar-refractivity contribution in [3.63, 3.8) is 0 Å². The predicted molar refractivity (Wildman–Crippen MR) is 86.0 cm³/mol. The van der Waals surface area contributed by atoms with Gasteiger partial charge in [-0.2, -0.15) is 0 Å². The molecule has 2 aromatic rings. The van der Waals surface area contributed by atoms with Crippen LogP contribution in [0, 0.1) is 15.9 Å². The highest BCUT2D eigenvalue weighted by Gasteiger charge is 2.23. The van der Waals surface area contributed by atoms with Crippen LogP contribution in [-0.2, 0) is 0 Å². The Bertz CT molecular complexity index is 799. The highest BCUT2D eigenvalue weighted by atomic mass is 19.1. The van der Waals surface area contributed by atoms with Crippen molar-refractivity contribution in [3.8, 4) is 11.5 Å². The monoisotopic (exact) mass is 331 g/mol. The third-order valence-electron chi connectivity index (χ3n) is 3.26. The van der Waals surface area contributed by atoms with E-state index < -0.39 is 16.5 Å². The number of hydrogen-bond donors (Lipinski definition) is 0. The van der Waals surface area contributed by atoms with Gasteiger partial charge in [0.2, 0.25) is 0 Å². The average molecular weight is 331 g/mol. The van der Waals surface area contributed by atoms with Crippen LogP contribution >= 0.6 is 0 Å². The fourth-order valence-electron chi connectivity index (χ4n) is 2.05. The first-order valence-electron chi connectivity index (χ1n) is 6.84. The van der Waals surface area contributed by atoms with Gasteiger partial charge >= 0.3 is 0 Å². The Balaban J connectivity index is 2.40. The smallest absolute Gasteiger partial charge is 0.284 e. The standard InChI is InChI=1S/C17H14FNO5/c1-23-16-9-13(14(19(21)22)10-17(16)24-2)15(20)8-5-11-3-6-12(18)7-4-11/h3-10H,1-2H3. The lowest BCUT2D eigenvalue weighted by Gasteiger charge is -2.09. The second-order valence-corrected chi connectivity index (χ2v) is 4.73. The van der Waals surface area contributed by atoms with E-state index in [1.54, 1.807) is 0 Å². The zero-order valence-electron chi connectivity index (χ0n) is 13.0. The number of nitro benzene ring substituents is 1. The molecule has 0 fully saturated rings. The third-order valence-corrected chi connectivity index (χ3v) is 3.26. The number of nitro groups is 1. The third kappa shape index (κ3) is 3.75. The second-order valence-electron chi connectivity index (χ2n) is 4.73. The van der Waals surface area contributed by atoms with Gasteiger partial charge in [0.1, 0.15) is 11.4 Å². The Morgan fingerprint density at radius 2 is 1.71 bits per heavy atom. The minimum Gasteiger partial charge on any atom is -0.493 e. The molecular formula is C17H14FNO5. The zero-order valence-corrected chi connectivity index (χ0v) is 13.0. The quantitative estimate of drug-likeness (QED) is 0.349. The number of ether oxygens (including phenoxy) is 2. The summed E-state index contributed by atoms with van der Waals surface area (Å²) >= 11 is 0. The number of benzene rings is 2. The summed E-state index contributed by atoms with van der Waals surface area (Å²) in [5, 5.41) is 11.2. The minimum absolute atomic E-state index is 0.129. The molecule has 124 valence electrons. The zero-order chi connectivity index (χ0) is 17.7.